The Hall–Kier alpha value is -1.86. The molecule has 116 valence electrons. The molecule has 0 spiro atoms. The molecule has 2 heterocycles. The van der Waals surface area contributed by atoms with Crippen molar-refractivity contribution in [1.29, 1.82) is 0 Å². The summed E-state index contributed by atoms with van der Waals surface area (Å²) in [5, 5.41) is 0. The van der Waals surface area contributed by atoms with Crippen LogP contribution in [0.1, 0.15) is 21.7 Å². The van der Waals surface area contributed by atoms with E-state index in [-0.39, 0.29) is 18.7 Å². The molecule has 22 heavy (non-hydrogen) atoms. The van der Waals surface area contributed by atoms with Gasteiger partial charge < -0.3 is 4.74 Å². The van der Waals surface area contributed by atoms with E-state index in [1.54, 1.807) is 30.3 Å². The average Bonchev–Trinajstić information content (AvgIpc) is 2.94. The maximum atomic E-state index is 12.8. The van der Waals surface area contributed by atoms with Gasteiger partial charge in [0, 0.05) is 23.4 Å². The number of benzene rings is 1. The number of rotatable bonds is 3. The minimum Gasteiger partial charge on any atom is -0.497 e. The number of Topliss-reactive ketones (excluding diaryl/α,β-unsaturated/α-hetero) is 1. The topological polar surface area (TPSA) is 63.7 Å². The van der Waals surface area contributed by atoms with Crippen LogP contribution in [0.2, 0.25) is 0 Å². The Labute approximate surface area is 133 Å². The van der Waals surface area contributed by atoms with Crippen LogP contribution in [-0.2, 0) is 10.0 Å². The van der Waals surface area contributed by atoms with Crippen molar-refractivity contribution in [3.05, 3.63) is 40.8 Å². The summed E-state index contributed by atoms with van der Waals surface area (Å²) in [4.78, 5) is 13.0. The standard InChI is InChI=1S/C15H15NO4S2/c1-10-3-6-15(21-10)22(18,19)16-8-7-14(17)12-9-11(20-2)4-5-13(12)16/h3-6,9H,7-8H2,1-2H3. The number of carbonyl (C=O) groups is 1. The molecule has 0 saturated carbocycles. The first kappa shape index (κ1) is 15.1. The summed E-state index contributed by atoms with van der Waals surface area (Å²) < 4.78 is 32.4. The fraction of sp³-hybridized carbons (Fsp3) is 0.267. The van der Waals surface area contributed by atoms with Crippen molar-refractivity contribution in [3.8, 4) is 5.75 Å². The Morgan fingerprint density at radius 1 is 1.23 bits per heavy atom. The van der Waals surface area contributed by atoms with Crippen LogP contribution in [0.4, 0.5) is 5.69 Å². The second kappa shape index (κ2) is 5.40. The molecule has 0 aliphatic carbocycles. The molecule has 0 fully saturated rings. The highest BCUT2D eigenvalue weighted by atomic mass is 32.2. The number of hydrogen-bond donors (Lipinski definition) is 0. The average molecular weight is 337 g/mol. The van der Waals surface area contributed by atoms with Gasteiger partial charge in [0.1, 0.15) is 9.96 Å². The molecule has 3 rings (SSSR count). The Bertz CT molecular complexity index is 839. The third kappa shape index (κ3) is 2.40. The zero-order valence-corrected chi connectivity index (χ0v) is 13.8. The summed E-state index contributed by atoms with van der Waals surface area (Å²) in [7, 11) is -2.13. The predicted molar refractivity (Wildman–Crippen MR) is 85.5 cm³/mol. The van der Waals surface area contributed by atoms with Gasteiger partial charge in [-0.2, -0.15) is 0 Å². The van der Waals surface area contributed by atoms with E-state index in [9.17, 15) is 13.2 Å². The molecule has 1 aliphatic heterocycles. The minimum atomic E-state index is -3.64. The molecule has 5 nitrogen and oxygen atoms in total. The van der Waals surface area contributed by atoms with Gasteiger partial charge in [0.2, 0.25) is 0 Å². The van der Waals surface area contributed by atoms with Crippen molar-refractivity contribution >= 4 is 32.8 Å². The minimum absolute atomic E-state index is 0.0669. The van der Waals surface area contributed by atoms with Crippen molar-refractivity contribution in [2.24, 2.45) is 0 Å². The van der Waals surface area contributed by atoms with E-state index in [4.69, 9.17) is 4.74 Å². The quantitative estimate of drug-likeness (QED) is 0.864. The van der Waals surface area contributed by atoms with Gasteiger partial charge in [0.05, 0.1) is 12.8 Å². The zero-order chi connectivity index (χ0) is 15.9. The van der Waals surface area contributed by atoms with Crippen LogP contribution in [0, 0.1) is 6.92 Å². The molecular formula is C15H15NO4S2. The summed E-state index contributed by atoms with van der Waals surface area (Å²) in [5.74, 6) is 0.473. The molecule has 7 heteroatoms. The number of sulfonamides is 1. The lowest BCUT2D eigenvalue weighted by molar-refractivity contribution is 0.0981. The van der Waals surface area contributed by atoms with E-state index in [1.807, 2.05) is 6.92 Å². The number of thiophene rings is 1. The van der Waals surface area contributed by atoms with E-state index in [1.165, 1.54) is 22.8 Å². The number of ether oxygens (including phenoxy) is 1. The summed E-state index contributed by atoms with van der Waals surface area (Å²) in [6.07, 6.45) is 0.170. The normalized spacial score (nSPS) is 14.8. The van der Waals surface area contributed by atoms with Gasteiger partial charge in [-0.15, -0.1) is 11.3 Å². The Morgan fingerprint density at radius 3 is 2.64 bits per heavy atom. The highest BCUT2D eigenvalue weighted by molar-refractivity contribution is 7.94. The van der Waals surface area contributed by atoms with E-state index in [0.29, 0.717) is 21.2 Å². The van der Waals surface area contributed by atoms with Gasteiger partial charge >= 0.3 is 0 Å². The zero-order valence-electron chi connectivity index (χ0n) is 12.2. The molecule has 0 atom stereocenters. The predicted octanol–water partition coefficient (Wildman–Crippen LogP) is 2.85. The Kier molecular flexibility index (Phi) is 3.70. The first-order valence-corrected chi connectivity index (χ1v) is 8.99. The smallest absolute Gasteiger partial charge is 0.273 e. The number of aryl methyl sites for hydroxylation is 1. The molecular weight excluding hydrogens is 322 g/mol. The number of fused-ring (bicyclic) bond motifs is 1. The van der Waals surface area contributed by atoms with Gasteiger partial charge in [-0.25, -0.2) is 8.42 Å². The molecule has 0 N–H and O–H groups in total. The largest absolute Gasteiger partial charge is 0.497 e. The van der Waals surface area contributed by atoms with Crippen molar-refractivity contribution in [3.63, 3.8) is 0 Å². The lowest BCUT2D eigenvalue weighted by atomic mass is 10.0. The third-order valence-corrected chi connectivity index (χ3v) is 6.86. The molecule has 0 radical (unpaired) electrons. The van der Waals surface area contributed by atoms with Crippen LogP contribution in [0.15, 0.2) is 34.5 Å². The van der Waals surface area contributed by atoms with Crippen LogP contribution in [0.3, 0.4) is 0 Å². The molecule has 0 amide bonds. The number of carbonyl (C=O) groups excluding carboxylic acids is 1. The maximum absolute atomic E-state index is 12.8. The SMILES string of the molecule is COc1ccc2c(c1)C(=O)CCN2S(=O)(=O)c1ccc(C)s1. The highest BCUT2D eigenvalue weighted by Crippen LogP contribution is 2.35. The van der Waals surface area contributed by atoms with Gasteiger partial charge in [-0.1, -0.05) is 0 Å². The number of hydrogen-bond acceptors (Lipinski definition) is 5. The van der Waals surface area contributed by atoms with Crippen LogP contribution < -0.4 is 9.04 Å². The summed E-state index contributed by atoms with van der Waals surface area (Å²) in [5.41, 5.74) is 0.811. The molecule has 1 aliphatic rings. The van der Waals surface area contributed by atoms with Crippen molar-refractivity contribution in [2.45, 2.75) is 17.6 Å². The summed E-state index contributed by atoms with van der Waals surface area (Å²) >= 11 is 1.23. The van der Waals surface area contributed by atoms with Crippen LogP contribution in [0.5, 0.6) is 5.75 Å². The lowest BCUT2D eigenvalue weighted by Crippen LogP contribution is -2.37. The van der Waals surface area contributed by atoms with Gasteiger partial charge in [0.25, 0.3) is 10.0 Å². The van der Waals surface area contributed by atoms with Gasteiger partial charge in [-0.3, -0.25) is 9.10 Å². The highest BCUT2D eigenvalue weighted by Gasteiger charge is 2.33. The Balaban J connectivity index is 2.11. The monoisotopic (exact) mass is 337 g/mol. The molecule has 1 aromatic heterocycles. The second-order valence-corrected chi connectivity index (χ2v) is 8.38. The summed E-state index contributed by atoms with van der Waals surface area (Å²) in [6, 6.07) is 8.28. The number of methoxy groups -OCH3 is 1. The fourth-order valence-electron chi connectivity index (χ4n) is 2.45. The summed E-state index contributed by atoms with van der Waals surface area (Å²) in [6.45, 7) is 2.03. The van der Waals surface area contributed by atoms with Crippen molar-refractivity contribution in [1.82, 2.24) is 0 Å². The molecule has 0 unspecified atom stereocenters. The molecule has 1 aromatic carbocycles. The third-order valence-electron chi connectivity index (χ3n) is 3.57. The van der Waals surface area contributed by atoms with Crippen LogP contribution >= 0.6 is 11.3 Å². The molecule has 2 aromatic rings. The fourth-order valence-corrected chi connectivity index (χ4v) is 5.33. The molecule has 0 saturated heterocycles. The van der Waals surface area contributed by atoms with E-state index in [0.717, 1.165) is 4.88 Å². The van der Waals surface area contributed by atoms with Crippen LogP contribution in [0.25, 0.3) is 0 Å². The van der Waals surface area contributed by atoms with Crippen LogP contribution in [-0.4, -0.2) is 27.9 Å². The van der Waals surface area contributed by atoms with E-state index >= 15 is 0 Å². The van der Waals surface area contributed by atoms with E-state index in [2.05, 4.69) is 0 Å². The molecule has 0 bridgehead atoms. The van der Waals surface area contributed by atoms with E-state index < -0.39 is 10.0 Å². The first-order chi connectivity index (χ1) is 10.4. The van der Waals surface area contributed by atoms with Crippen molar-refractivity contribution in [2.75, 3.05) is 18.0 Å². The Morgan fingerprint density at radius 2 is 2.00 bits per heavy atom. The maximum Gasteiger partial charge on any atom is 0.273 e. The van der Waals surface area contributed by atoms with Crippen molar-refractivity contribution < 1.29 is 17.9 Å². The lowest BCUT2D eigenvalue weighted by Gasteiger charge is -2.29. The number of nitrogens with zero attached hydrogens (tertiary/aromatic N) is 1. The second-order valence-electron chi connectivity index (χ2n) is 5.00. The van der Waals surface area contributed by atoms with Gasteiger partial charge in [0.15, 0.2) is 5.78 Å². The first-order valence-electron chi connectivity index (χ1n) is 6.74. The number of ketones is 1. The van der Waals surface area contributed by atoms with Gasteiger partial charge in [-0.05, 0) is 37.3 Å². The number of anilines is 1.